The number of hydrogen-bond donors (Lipinski definition) is 1. The van der Waals surface area contributed by atoms with Crippen molar-refractivity contribution in [2.45, 2.75) is 64.5 Å². The summed E-state index contributed by atoms with van der Waals surface area (Å²) in [6.45, 7) is 7.05. The first-order valence-corrected chi connectivity index (χ1v) is 10.5. The number of sulfone groups is 1. The van der Waals surface area contributed by atoms with Gasteiger partial charge in [0.25, 0.3) is 0 Å². The lowest BCUT2D eigenvalue weighted by atomic mass is 9.82. The predicted molar refractivity (Wildman–Crippen MR) is 88.3 cm³/mol. The summed E-state index contributed by atoms with van der Waals surface area (Å²) in [6.07, 6.45) is 7.62. The van der Waals surface area contributed by atoms with Crippen molar-refractivity contribution in [2.24, 2.45) is 5.92 Å². The lowest BCUT2D eigenvalue weighted by Crippen LogP contribution is -2.58. The Hall–Kier alpha value is -0.130. The average molecular weight is 317 g/mol. The SMILES string of the molecule is CCS(=O)(=O)CCCN1CC(C)NCC1C1CCCCC1. The Bertz CT molecular complexity index is 405. The van der Waals surface area contributed by atoms with Gasteiger partial charge in [0.05, 0.1) is 5.75 Å². The van der Waals surface area contributed by atoms with E-state index >= 15 is 0 Å². The van der Waals surface area contributed by atoms with Crippen LogP contribution in [0.2, 0.25) is 0 Å². The van der Waals surface area contributed by atoms with Crippen LogP contribution in [0.15, 0.2) is 0 Å². The fourth-order valence-electron chi connectivity index (χ4n) is 3.88. The van der Waals surface area contributed by atoms with Gasteiger partial charge in [-0.25, -0.2) is 8.42 Å². The minimum absolute atomic E-state index is 0.275. The molecule has 0 aromatic rings. The lowest BCUT2D eigenvalue weighted by Gasteiger charge is -2.44. The van der Waals surface area contributed by atoms with Crippen LogP contribution in [0.1, 0.15) is 52.4 Å². The Balaban J connectivity index is 1.88. The molecule has 124 valence electrons. The molecule has 0 amide bonds. The summed E-state index contributed by atoms with van der Waals surface area (Å²) in [5.41, 5.74) is 0. The van der Waals surface area contributed by atoms with Crippen LogP contribution in [0, 0.1) is 5.92 Å². The van der Waals surface area contributed by atoms with Crippen molar-refractivity contribution in [1.82, 2.24) is 10.2 Å². The van der Waals surface area contributed by atoms with Gasteiger partial charge in [-0.3, -0.25) is 4.90 Å². The molecule has 21 heavy (non-hydrogen) atoms. The maximum atomic E-state index is 11.7. The van der Waals surface area contributed by atoms with Crippen LogP contribution in [-0.2, 0) is 9.84 Å². The van der Waals surface area contributed by atoms with E-state index in [0.29, 0.717) is 17.8 Å². The molecular formula is C16H32N2O2S. The molecule has 1 heterocycles. The van der Waals surface area contributed by atoms with Crippen molar-refractivity contribution in [3.8, 4) is 0 Å². The second kappa shape index (κ2) is 7.93. The topological polar surface area (TPSA) is 49.4 Å². The molecule has 1 N–H and O–H groups in total. The zero-order chi connectivity index (χ0) is 15.3. The van der Waals surface area contributed by atoms with Crippen LogP contribution in [0.4, 0.5) is 0 Å². The zero-order valence-electron chi connectivity index (χ0n) is 13.7. The van der Waals surface area contributed by atoms with Gasteiger partial charge in [0.15, 0.2) is 0 Å². The predicted octanol–water partition coefficient (Wildman–Crippen LogP) is 2.05. The molecule has 2 rings (SSSR count). The Morgan fingerprint density at radius 2 is 1.90 bits per heavy atom. The van der Waals surface area contributed by atoms with Gasteiger partial charge in [-0.1, -0.05) is 26.2 Å². The highest BCUT2D eigenvalue weighted by atomic mass is 32.2. The molecule has 0 spiro atoms. The Labute approximate surface area is 130 Å². The van der Waals surface area contributed by atoms with E-state index in [1.54, 1.807) is 6.92 Å². The highest BCUT2D eigenvalue weighted by Gasteiger charge is 2.32. The summed E-state index contributed by atoms with van der Waals surface area (Å²) < 4.78 is 23.3. The maximum Gasteiger partial charge on any atom is 0.150 e. The van der Waals surface area contributed by atoms with E-state index in [9.17, 15) is 8.42 Å². The molecule has 5 heteroatoms. The van der Waals surface area contributed by atoms with Crippen molar-refractivity contribution < 1.29 is 8.42 Å². The van der Waals surface area contributed by atoms with Gasteiger partial charge in [-0.2, -0.15) is 0 Å². The Morgan fingerprint density at radius 1 is 1.19 bits per heavy atom. The van der Waals surface area contributed by atoms with Crippen molar-refractivity contribution in [2.75, 3.05) is 31.1 Å². The minimum atomic E-state index is -2.82. The Morgan fingerprint density at radius 3 is 2.57 bits per heavy atom. The summed E-state index contributed by atoms with van der Waals surface area (Å²) in [5, 5.41) is 3.62. The molecule has 0 aromatic heterocycles. The first-order valence-electron chi connectivity index (χ1n) is 8.69. The van der Waals surface area contributed by atoms with Crippen LogP contribution < -0.4 is 5.32 Å². The van der Waals surface area contributed by atoms with Crippen LogP contribution >= 0.6 is 0 Å². The van der Waals surface area contributed by atoms with Gasteiger partial charge < -0.3 is 5.32 Å². The Kier molecular flexibility index (Phi) is 6.51. The number of rotatable bonds is 6. The lowest BCUT2D eigenvalue weighted by molar-refractivity contribution is 0.0757. The van der Waals surface area contributed by atoms with Gasteiger partial charge in [0.1, 0.15) is 9.84 Å². The van der Waals surface area contributed by atoms with Crippen molar-refractivity contribution in [3.05, 3.63) is 0 Å². The molecule has 0 radical (unpaired) electrons. The van der Waals surface area contributed by atoms with Gasteiger partial charge in [0.2, 0.25) is 0 Å². The standard InChI is InChI=1S/C16H32N2O2S/c1-3-21(19,20)11-7-10-18-13-14(2)17-12-16(18)15-8-5-4-6-9-15/h14-17H,3-13H2,1-2H3. The monoisotopic (exact) mass is 316 g/mol. The van der Waals surface area contributed by atoms with Crippen molar-refractivity contribution in [3.63, 3.8) is 0 Å². The molecule has 1 aliphatic heterocycles. The molecule has 0 bridgehead atoms. The molecular weight excluding hydrogens is 284 g/mol. The molecule has 0 aromatic carbocycles. The number of nitrogens with zero attached hydrogens (tertiary/aromatic N) is 1. The first kappa shape index (κ1) is 17.2. The molecule has 2 fully saturated rings. The molecule has 1 saturated carbocycles. The summed E-state index contributed by atoms with van der Waals surface area (Å²) in [6, 6.07) is 1.14. The van der Waals surface area contributed by atoms with E-state index in [1.165, 1.54) is 32.1 Å². The largest absolute Gasteiger partial charge is 0.311 e. The third-order valence-corrected chi connectivity index (χ3v) is 6.98. The van der Waals surface area contributed by atoms with E-state index in [1.807, 2.05) is 0 Å². The summed E-state index contributed by atoms with van der Waals surface area (Å²) in [7, 11) is -2.82. The van der Waals surface area contributed by atoms with Crippen LogP contribution in [0.25, 0.3) is 0 Å². The maximum absolute atomic E-state index is 11.7. The van der Waals surface area contributed by atoms with Crippen LogP contribution in [0.5, 0.6) is 0 Å². The second-order valence-corrected chi connectivity index (χ2v) is 9.33. The van der Waals surface area contributed by atoms with Crippen molar-refractivity contribution >= 4 is 9.84 Å². The fraction of sp³-hybridized carbons (Fsp3) is 1.00. The molecule has 2 aliphatic rings. The van der Waals surface area contributed by atoms with Gasteiger partial charge in [0, 0.05) is 30.9 Å². The van der Waals surface area contributed by atoms with E-state index in [-0.39, 0.29) is 5.75 Å². The molecule has 2 unspecified atom stereocenters. The number of nitrogens with one attached hydrogen (secondary N) is 1. The molecule has 1 saturated heterocycles. The highest BCUT2D eigenvalue weighted by molar-refractivity contribution is 7.91. The van der Waals surface area contributed by atoms with Crippen LogP contribution in [-0.4, -0.2) is 56.5 Å². The third kappa shape index (κ3) is 5.22. The number of piperazine rings is 1. The fourth-order valence-corrected chi connectivity index (χ4v) is 4.73. The summed E-state index contributed by atoms with van der Waals surface area (Å²) >= 11 is 0. The molecule has 2 atom stereocenters. The average Bonchev–Trinajstić information content (AvgIpc) is 2.48. The van der Waals surface area contributed by atoms with Crippen molar-refractivity contribution in [1.29, 1.82) is 0 Å². The smallest absolute Gasteiger partial charge is 0.150 e. The van der Waals surface area contributed by atoms with Gasteiger partial charge in [-0.05, 0) is 38.6 Å². The van der Waals surface area contributed by atoms with Gasteiger partial charge >= 0.3 is 0 Å². The van der Waals surface area contributed by atoms with Gasteiger partial charge in [-0.15, -0.1) is 0 Å². The minimum Gasteiger partial charge on any atom is -0.311 e. The molecule has 1 aliphatic carbocycles. The zero-order valence-corrected chi connectivity index (χ0v) is 14.5. The first-order chi connectivity index (χ1) is 10.0. The van der Waals surface area contributed by atoms with E-state index < -0.39 is 9.84 Å². The van der Waals surface area contributed by atoms with Crippen LogP contribution in [0.3, 0.4) is 0 Å². The quantitative estimate of drug-likeness (QED) is 0.815. The van der Waals surface area contributed by atoms with E-state index in [4.69, 9.17) is 0 Å². The third-order valence-electron chi connectivity index (χ3n) is 5.19. The van der Waals surface area contributed by atoms with E-state index in [2.05, 4.69) is 17.1 Å². The highest BCUT2D eigenvalue weighted by Crippen LogP contribution is 2.30. The second-order valence-electron chi connectivity index (χ2n) is 6.86. The summed E-state index contributed by atoms with van der Waals surface area (Å²) in [4.78, 5) is 2.57. The van der Waals surface area contributed by atoms with E-state index in [0.717, 1.165) is 32.0 Å². The number of hydrogen-bond acceptors (Lipinski definition) is 4. The normalized spacial score (nSPS) is 29.6. The summed E-state index contributed by atoms with van der Waals surface area (Å²) in [5.74, 6) is 1.43. The molecule has 4 nitrogen and oxygen atoms in total.